The van der Waals surface area contributed by atoms with E-state index in [2.05, 4.69) is 21.2 Å². The lowest BCUT2D eigenvalue weighted by molar-refractivity contribution is -0.122. The average Bonchev–Trinajstić information content (AvgIpc) is 2.83. The van der Waals surface area contributed by atoms with E-state index in [1.807, 2.05) is 31.2 Å². The number of anilines is 1. The number of benzene rings is 3. The normalized spacial score (nSPS) is 14.7. The first kappa shape index (κ1) is 25.8. The second-order valence-electron chi connectivity index (χ2n) is 7.61. The molecule has 0 aromatic heterocycles. The predicted molar refractivity (Wildman–Crippen MR) is 142 cm³/mol. The summed E-state index contributed by atoms with van der Waals surface area (Å²) in [7, 11) is 0. The van der Waals surface area contributed by atoms with E-state index in [4.69, 9.17) is 32.7 Å². The third-order valence-electron chi connectivity index (χ3n) is 5.14. The standard InChI is InChI=1S/C26H19BrCl2N2O5/c1-2-35-20-9-7-19(8-10-20)31-25(33)21(24(32)30-26(31)34)12-16-11-18(28)13-22(29)23(16)36-14-15-3-5-17(27)6-4-15/h3-13H,2,14H2,1H3,(H,30,32,34)/b21-12+. The highest BCUT2D eigenvalue weighted by atomic mass is 79.9. The van der Waals surface area contributed by atoms with Crippen molar-refractivity contribution < 1.29 is 23.9 Å². The van der Waals surface area contributed by atoms with Gasteiger partial charge in [-0.1, -0.05) is 51.3 Å². The molecule has 3 aromatic carbocycles. The minimum absolute atomic E-state index is 0.182. The molecule has 0 bridgehead atoms. The Labute approximate surface area is 225 Å². The number of amides is 4. The van der Waals surface area contributed by atoms with E-state index in [0.717, 1.165) is 14.9 Å². The molecule has 1 heterocycles. The second kappa shape index (κ2) is 11.2. The van der Waals surface area contributed by atoms with Gasteiger partial charge in [0.25, 0.3) is 11.8 Å². The van der Waals surface area contributed by atoms with Crippen LogP contribution in [0.15, 0.2) is 70.7 Å². The second-order valence-corrected chi connectivity index (χ2v) is 9.37. The molecule has 1 aliphatic heterocycles. The molecule has 4 rings (SSSR count). The van der Waals surface area contributed by atoms with Gasteiger partial charge >= 0.3 is 6.03 Å². The van der Waals surface area contributed by atoms with Gasteiger partial charge in [0.1, 0.15) is 23.7 Å². The van der Waals surface area contributed by atoms with Gasteiger partial charge in [0, 0.05) is 15.1 Å². The largest absolute Gasteiger partial charge is 0.494 e. The number of carbonyl (C=O) groups is 3. The van der Waals surface area contributed by atoms with E-state index in [0.29, 0.717) is 17.9 Å². The summed E-state index contributed by atoms with van der Waals surface area (Å²) in [6.45, 7) is 2.50. The van der Waals surface area contributed by atoms with E-state index in [9.17, 15) is 14.4 Å². The van der Waals surface area contributed by atoms with Gasteiger partial charge in [0.15, 0.2) is 0 Å². The predicted octanol–water partition coefficient (Wildman–Crippen LogP) is 6.40. The first-order valence-corrected chi connectivity index (χ1v) is 12.3. The molecule has 0 saturated carbocycles. The van der Waals surface area contributed by atoms with Crippen molar-refractivity contribution in [3.63, 3.8) is 0 Å². The van der Waals surface area contributed by atoms with Crippen molar-refractivity contribution in [2.75, 3.05) is 11.5 Å². The fraction of sp³-hybridized carbons (Fsp3) is 0.115. The lowest BCUT2D eigenvalue weighted by Gasteiger charge is -2.26. The van der Waals surface area contributed by atoms with Crippen molar-refractivity contribution in [1.29, 1.82) is 0 Å². The summed E-state index contributed by atoms with van der Waals surface area (Å²) in [5.41, 5.74) is 1.18. The molecule has 10 heteroatoms. The van der Waals surface area contributed by atoms with Crippen LogP contribution in [0, 0.1) is 0 Å². The van der Waals surface area contributed by atoms with Gasteiger partial charge in [0.2, 0.25) is 0 Å². The summed E-state index contributed by atoms with van der Waals surface area (Å²) in [6.07, 6.45) is 1.31. The van der Waals surface area contributed by atoms with Gasteiger partial charge in [-0.05, 0) is 67.1 Å². The summed E-state index contributed by atoms with van der Waals surface area (Å²) >= 11 is 16.0. The molecule has 36 heavy (non-hydrogen) atoms. The highest BCUT2D eigenvalue weighted by Crippen LogP contribution is 2.35. The number of imide groups is 2. The van der Waals surface area contributed by atoms with Crippen molar-refractivity contribution in [3.8, 4) is 11.5 Å². The number of carbonyl (C=O) groups excluding carboxylic acids is 3. The zero-order valence-corrected chi connectivity index (χ0v) is 22.0. The Morgan fingerprint density at radius 2 is 1.67 bits per heavy atom. The zero-order valence-electron chi connectivity index (χ0n) is 18.9. The lowest BCUT2D eigenvalue weighted by atomic mass is 10.1. The maximum absolute atomic E-state index is 13.3. The number of nitrogens with one attached hydrogen (secondary N) is 1. The summed E-state index contributed by atoms with van der Waals surface area (Å²) in [5.74, 6) is -0.828. The summed E-state index contributed by atoms with van der Waals surface area (Å²) in [6, 6.07) is 16.0. The van der Waals surface area contributed by atoms with Crippen LogP contribution >= 0.6 is 39.1 Å². The lowest BCUT2D eigenvalue weighted by Crippen LogP contribution is -2.54. The number of barbiturate groups is 1. The highest BCUT2D eigenvalue weighted by molar-refractivity contribution is 9.10. The van der Waals surface area contributed by atoms with E-state index in [1.165, 1.54) is 18.2 Å². The van der Waals surface area contributed by atoms with E-state index >= 15 is 0 Å². The topological polar surface area (TPSA) is 84.9 Å². The third kappa shape index (κ3) is 5.73. The van der Waals surface area contributed by atoms with E-state index in [1.54, 1.807) is 24.3 Å². The zero-order chi connectivity index (χ0) is 25.8. The minimum Gasteiger partial charge on any atom is -0.494 e. The SMILES string of the molecule is CCOc1ccc(N2C(=O)NC(=O)/C(=C\c3cc(Cl)cc(Cl)c3OCc3ccc(Br)cc3)C2=O)cc1. The van der Waals surface area contributed by atoms with Gasteiger partial charge in [-0.3, -0.25) is 14.9 Å². The quantitative estimate of drug-likeness (QED) is 0.255. The Kier molecular flexibility index (Phi) is 7.98. The molecule has 4 amide bonds. The van der Waals surface area contributed by atoms with Crippen LogP contribution in [0.2, 0.25) is 10.0 Å². The Balaban J connectivity index is 1.67. The first-order valence-electron chi connectivity index (χ1n) is 10.8. The maximum Gasteiger partial charge on any atom is 0.335 e. The van der Waals surface area contributed by atoms with Gasteiger partial charge < -0.3 is 9.47 Å². The molecule has 1 fully saturated rings. The Morgan fingerprint density at radius 3 is 2.33 bits per heavy atom. The molecule has 0 spiro atoms. The number of halogens is 3. The molecule has 0 radical (unpaired) electrons. The molecule has 1 saturated heterocycles. The number of ether oxygens (including phenoxy) is 2. The molecule has 3 aromatic rings. The fourth-order valence-corrected chi connectivity index (χ4v) is 4.31. The van der Waals surface area contributed by atoms with Crippen molar-refractivity contribution in [2.24, 2.45) is 0 Å². The van der Waals surface area contributed by atoms with Crippen LogP contribution in [0.1, 0.15) is 18.1 Å². The smallest absolute Gasteiger partial charge is 0.335 e. The molecular formula is C26H19BrCl2N2O5. The van der Waals surface area contributed by atoms with Crippen molar-refractivity contribution >= 4 is 68.7 Å². The Morgan fingerprint density at radius 1 is 0.972 bits per heavy atom. The van der Waals surface area contributed by atoms with Crippen molar-refractivity contribution in [1.82, 2.24) is 5.32 Å². The van der Waals surface area contributed by atoms with Gasteiger partial charge in [0.05, 0.1) is 17.3 Å². The van der Waals surface area contributed by atoms with Crippen molar-refractivity contribution in [2.45, 2.75) is 13.5 Å². The Bertz CT molecular complexity index is 1360. The fourth-order valence-electron chi connectivity index (χ4n) is 3.48. The van der Waals surface area contributed by atoms with Gasteiger partial charge in [-0.25, -0.2) is 9.69 Å². The Hall–Kier alpha value is -3.33. The third-order valence-corrected chi connectivity index (χ3v) is 6.17. The highest BCUT2D eigenvalue weighted by Gasteiger charge is 2.37. The summed E-state index contributed by atoms with van der Waals surface area (Å²) in [4.78, 5) is 39.3. The number of hydrogen-bond donors (Lipinski definition) is 1. The van der Waals surface area contributed by atoms with Crippen molar-refractivity contribution in [3.05, 3.63) is 91.9 Å². The average molecular weight is 590 g/mol. The van der Waals surface area contributed by atoms with E-state index < -0.39 is 17.8 Å². The van der Waals surface area contributed by atoms with Gasteiger partial charge in [-0.2, -0.15) is 0 Å². The van der Waals surface area contributed by atoms with Crippen LogP contribution in [0.3, 0.4) is 0 Å². The molecule has 0 atom stereocenters. The molecule has 1 aliphatic rings. The molecule has 1 N–H and O–H groups in total. The van der Waals surface area contributed by atoms with E-state index in [-0.39, 0.29) is 33.7 Å². The monoisotopic (exact) mass is 588 g/mol. The minimum atomic E-state index is -0.859. The first-order chi connectivity index (χ1) is 17.3. The van der Waals surface area contributed by atoms with Crippen LogP contribution in [0.5, 0.6) is 11.5 Å². The van der Waals surface area contributed by atoms with Crippen LogP contribution in [0.4, 0.5) is 10.5 Å². The summed E-state index contributed by atoms with van der Waals surface area (Å²) < 4.78 is 12.3. The number of rotatable bonds is 7. The molecule has 7 nitrogen and oxygen atoms in total. The molecule has 0 unspecified atom stereocenters. The molecular weight excluding hydrogens is 571 g/mol. The van der Waals surface area contributed by atoms with Crippen LogP contribution in [0.25, 0.3) is 6.08 Å². The molecule has 0 aliphatic carbocycles. The van der Waals surface area contributed by atoms with Crippen LogP contribution in [-0.2, 0) is 16.2 Å². The molecule has 184 valence electrons. The van der Waals surface area contributed by atoms with Gasteiger partial charge in [-0.15, -0.1) is 0 Å². The van der Waals surface area contributed by atoms with Crippen LogP contribution < -0.4 is 19.7 Å². The van der Waals surface area contributed by atoms with Crippen LogP contribution in [-0.4, -0.2) is 24.5 Å². The number of hydrogen-bond acceptors (Lipinski definition) is 5. The number of urea groups is 1. The number of nitrogens with zero attached hydrogens (tertiary/aromatic N) is 1. The summed E-state index contributed by atoms with van der Waals surface area (Å²) in [5, 5.41) is 2.68. The maximum atomic E-state index is 13.3.